The van der Waals surface area contributed by atoms with Gasteiger partial charge < -0.3 is 9.80 Å². The van der Waals surface area contributed by atoms with Crippen LogP contribution in [-0.2, 0) is 4.79 Å². The second kappa shape index (κ2) is 3.23. The summed E-state index contributed by atoms with van der Waals surface area (Å²) in [5.74, 6) is 0.0768. The Hall–Kier alpha value is -1.25. The topological polar surface area (TPSA) is 23.6 Å². The monoisotopic (exact) mass is 152 g/mol. The lowest BCUT2D eigenvalue weighted by Crippen LogP contribution is -2.17. The average Bonchev–Trinajstić information content (AvgIpc) is 2.31. The standard InChI is InChI=1S/C8H12N2O/c1-8(11)3-4-10-6-5-9(2)7-10/h3-6H,7H2,1-2H3. The lowest BCUT2D eigenvalue weighted by molar-refractivity contribution is -0.112. The Kier molecular flexibility index (Phi) is 2.31. The summed E-state index contributed by atoms with van der Waals surface area (Å²) in [6, 6.07) is 0. The summed E-state index contributed by atoms with van der Waals surface area (Å²) in [6.45, 7) is 2.36. The summed E-state index contributed by atoms with van der Waals surface area (Å²) < 4.78 is 0. The Morgan fingerprint density at radius 3 is 2.73 bits per heavy atom. The molecule has 11 heavy (non-hydrogen) atoms. The Labute approximate surface area is 66.6 Å². The molecule has 0 fully saturated rings. The van der Waals surface area contributed by atoms with Crippen LogP contribution in [0.5, 0.6) is 0 Å². The van der Waals surface area contributed by atoms with Gasteiger partial charge in [0.15, 0.2) is 5.78 Å². The van der Waals surface area contributed by atoms with Crippen molar-refractivity contribution < 1.29 is 4.79 Å². The fraction of sp³-hybridized carbons (Fsp3) is 0.375. The van der Waals surface area contributed by atoms with Gasteiger partial charge in [0.2, 0.25) is 0 Å². The van der Waals surface area contributed by atoms with Gasteiger partial charge in [-0.2, -0.15) is 0 Å². The molecule has 0 aromatic heterocycles. The molecule has 0 aromatic rings. The third-order valence-corrected chi connectivity index (χ3v) is 1.40. The molecule has 1 aliphatic heterocycles. The molecule has 0 aliphatic carbocycles. The van der Waals surface area contributed by atoms with Crippen molar-refractivity contribution in [2.24, 2.45) is 0 Å². The van der Waals surface area contributed by atoms with Crippen molar-refractivity contribution in [1.29, 1.82) is 0 Å². The van der Waals surface area contributed by atoms with E-state index in [2.05, 4.69) is 0 Å². The first-order chi connectivity index (χ1) is 5.18. The fourth-order valence-corrected chi connectivity index (χ4v) is 0.849. The van der Waals surface area contributed by atoms with Crippen molar-refractivity contribution >= 4 is 5.78 Å². The van der Waals surface area contributed by atoms with Gasteiger partial charge in [0.05, 0.1) is 6.67 Å². The SMILES string of the molecule is CC(=O)C=CN1C=CN(C)C1. The Morgan fingerprint density at radius 1 is 1.55 bits per heavy atom. The minimum atomic E-state index is 0.0768. The highest BCUT2D eigenvalue weighted by Crippen LogP contribution is 2.03. The number of ketones is 1. The third kappa shape index (κ3) is 2.45. The van der Waals surface area contributed by atoms with Crippen molar-refractivity contribution in [3.05, 3.63) is 24.7 Å². The molecular formula is C8H12N2O. The van der Waals surface area contributed by atoms with E-state index in [1.165, 1.54) is 0 Å². The van der Waals surface area contributed by atoms with E-state index in [9.17, 15) is 4.79 Å². The molecule has 60 valence electrons. The first kappa shape index (κ1) is 7.85. The molecule has 3 heteroatoms. The maximum atomic E-state index is 10.5. The Morgan fingerprint density at radius 2 is 2.27 bits per heavy atom. The van der Waals surface area contributed by atoms with Crippen LogP contribution in [0.25, 0.3) is 0 Å². The number of carbonyl (C=O) groups is 1. The number of carbonyl (C=O) groups excluding carboxylic acids is 1. The van der Waals surface area contributed by atoms with Gasteiger partial charge in [0, 0.05) is 25.6 Å². The summed E-state index contributed by atoms with van der Waals surface area (Å²) in [5.41, 5.74) is 0. The molecule has 0 saturated heterocycles. The molecule has 0 radical (unpaired) electrons. The third-order valence-electron chi connectivity index (χ3n) is 1.40. The van der Waals surface area contributed by atoms with Crippen LogP contribution >= 0.6 is 0 Å². The summed E-state index contributed by atoms with van der Waals surface area (Å²) in [4.78, 5) is 14.5. The quantitative estimate of drug-likeness (QED) is 0.546. The first-order valence-electron chi connectivity index (χ1n) is 3.51. The second-order valence-corrected chi connectivity index (χ2v) is 2.64. The predicted octanol–water partition coefficient (Wildman–Crippen LogP) is 0.765. The zero-order valence-electron chi connectivity index (χ0n) is 6.82. The zero-order chi connectivity index (χ0) is 8.27. The smallest absolute Gasteiger partial charge is 0.154 e. The lowest BCUT2D eigenvalue weighted by Gasteiger charge is -2.12. The van der Waals surface area contributed by atoms with Crippen molar-refractivity contribution in [2.45, 2.75) is 6.92 Å². The molecular weight excluding hydrogens is 140 g/mol. The van der Waals surface area contributed by atoms with Gasteiger partial charge >= 0.3 is 0 Å². The molecule has 1 aliphatic rings. The van der Waals surface area contributed by atoms with Crippen LogP contribution in [-0.4, -0.2) is 29.3 Å². The van der Waals surface area contributed by atoms with E-state index in [4.69, 9.17) is 0 Å². The van der Waals surface area contributed by atoms with Gasteiger partial charge in [0.1, 0.15) is 0 Å². The molecule has 0 atom stereocenters. The van der Waals surface area contributed by atoms with Crippen molar-refractivity contribution in [3.8, 4) is 0 Å². The maximum absolute atomic E-state index is 10.5. The zero-order valence-corrected chi connectivity index (χ0v) is 6.82. The molecule has 3 nitrogen and oxygen atoms in total. The lowest BCUT2D eigenvalue weighted by atomic mass is 10.4. The van der Waals surface area contributed by atoms with Gasteiger partial charge in [-0.05, 0) is 13.0 Å². The summed E-state index contributed by atoms with van der Waals surface area (Å²) in [5, 5.41) is 0. The van der Waals surface area contributed by atoms with E-state index in [1.54, 1.807) is 19.2 Å². The van der Waals surface area contributed by atoms with Crippen LogP contribution < -0.4 is 0 Å². The number of hydrogen-bond donors (Lipinski definition) is 0. The van der Waals surface area contributed by atoms with Crippen LogP contribution in [0.4, 0.5) is 0 Å². The maximum Gasteiger partial charge on any atom is 0.154 e. The van der Waals surface area contributed by atoms with E-state index < -0.39 is 0 Å². The number of hydrogen-bond acceptors (Lipinski definition) is 3. The molecule has 0 aromatic carbocycles. The number of rotatable bonds is 2. The Balaban J connectivity index is 2.41. The molecule has 0 spiro atoms. The molecule has 0 N–H and O–H groups in total. The predicted molar refractivity (Wildman–Crippen MR) is 43.4 cm³/mol. The summed E-state index contributed by atoms with van der Waals surface area (Å²) in [6.07, 6.45) is 7.23. The van der Waals surface area contributed by atoms with Crippen LogP contribution in [0.3, 0.4) is 0 Å². The highest BCUT2D eigenvalue weighted by molar-refractivity contribution is 5.87. The minimum absolute atomic E-state index is 0.0768. The summed E-state index contributed by atoms with van der Waals surface area (Å²) in [7, 11) is 1.98. The largest absolute Gasteiger partial charge is 0.361 e. The molecule has 1 heterocycles. The Bertz CT molecular complexity index is 208. The molecule has 0 amide bonds. The van der Waals surface area contributed by atoms with Crippen LogP contribution in [0, 0.1) is 0 Å². The number of allylic oxidation sites excluding steroid dienone is 1. The van der Waals surface area contributed by atoms with Gasteiger partial charge in [-0.3, -0.25) is 4.79 Å². The van der Waals surface area contributed by atoms with Gasteiger partial charge in [-0.15, -0.1) is 0 Å². The van der Waals surface area contributed by atoms with E-state index in [0.29, 0.717) is 0 Å². The molecule has 0 saturated carbocycles. The summed E-state index contributed by atoms with van der Waals surface area (Å²) >= 11 is 0. The van der Waals surface area contributed by atoms with E-state index in [1.807, 2.05) is 29.2 Å². The van der Waals surface area contributed by atoms with E-state index in [0.717, 1.165) is 6.67 Å². The van der Waals surface area contributed by atoms with Crippen LogP contribution in [0.15, 0.2) is 24.7 Å². The highest BCUT2D eigenvalue weighted by Gasteiger charge is 2.03. The van der Waals surface area contributed by atoms with E-state index in [-0.39, 0.29) is 5.78 Å². The molecule has 0 unspecified atom stereocenters. The van der Waals surface area contributed by atoms with Gasteiger partial charge in [0.25, 0.3) is 0 Å². The van der Waals surface area contributed by atoms with E-state index >= 15 is 0 Å². The minimum Gasteiger partial charge on any atom is -0.361 e. The molecule has 1 rings (SSSR count). The highest BCUT2D eigenvalue weighted by atomic mass is 16.1. The second-order valence-electron chi connectivity index (χ2n) is 2.64. The average molecular weight is 152 g/mol. The van der Waals surface area contributed by atoms with Crippen molar-refractivity contribution in [2.75, 3.05) is 13.7 Å². The fourth-order valence-electron chi connectivity index (χ4n) is 0.849. The van der Waals surface area contributed by atoms with Gasteiger partial charge in [-0.1, -0.05) is 0 Å². The van der Waals surface area contributed by atoms with Crippen LogP contribution in [0.2, 0.25) is 0 Å². The molecule has 0 bridgehead atoms. The van der Waals surface area contributed by atoms with Gasteiger partial charge in [-0.25, -0.2) is 0 Å². The normalized spacial score (nSPS) is 16.9. The van der Waals surface area contributed by atoms with Crippen LogP contribution in [0.1, 0.15) is 6.92 Å². The van der Waals surface area contributed by atoms with Crippen molar-refractivity contribution in [1.82, 2.24) is 9.80 Å². The first-order valence-corrected chi connectivity index (χ1v) is 3.51. The van der Waals surface area contributed by atoms with Crippen molar-refractivity contribution in [3.63, 3.8) is 0 Å². The number of nitrogens with zero attached hydrogens (tertiary/aromatic N) is 2.